The fraction of sp³-hybridized carbons (Fsp3) is 0.188. The van der Waals surface area contributed by atoms with Gasteiger partial charge in [0.15, 0.2) is 0 Å². The number of hydrogen-bond acceptors (Lipinski definition) is 5. The van der Waals surface area contributed by atoms with Crippen molar-refractivity contribution in [3.63, 3.8) is 0 Å². The fourth-order valence-corrected chi connectivity index (χ4v) is 2.81. The Morgan fingerprint density at radius 2 is 2.32 bits per heavy atom. The Bertz CT molecular complexity index is 738. The quantitative estimate of drug-likeness (QED) is 0.725. The van der Waals surface area contributed by atoms with E-state index in [4.69, 9.17) is 4.52 Å². The van der Waals surface area contributed by atoms with Crippen molar-refractivity contribution in [2.24, 2.45) is 0 Å². The number of amides is 1. The Morgan fingerprint density at radius 1 is 1.41 bits per heavy atom. The van der Waals surface area contributed by atoms with Crippen LogP contribution in [0.5, 0.6) is 0 Å². The summed E-state index contributed by atoms with van der Waals surface area (Å²) in [5.74, 6) is 0.668. The summed E-state index contributed by atoms with van der Waals surface area (Å²) in [5, 5.41) is 7.93. The number of anilines is 1. The van der Waals surface area contributed by atoms with E-state index in [0.717, 1.165) is 11.3 Å². The Balaban J connectivity index is 1.82. The topological polar surface area (TPSA) is 59.2 Å². The number of nitrogens with zero attached hydrogens (tertiary/aromatic N) is 3. The standard InChI is InChI=1S/C16H15N3O2S/c1-12-7-14(18-21-12)8-16(20)19(10-13-4-6-22-11-13)15-3-2-5-17-9-15/h2-7,9,11H,8,10H2,1H3. The first-order chi connectivity index (χ1) is 10.7. The average Bonchev–Trinajstić information content (AvgIpc) is 3.17. The summed E-state index contributed by atoms with van der Waals surface area (Å²) in [4.78, 5) is 18.5. The van der Waals surface area contributed by atoms with Crippen LogP contribution in [-0.4, -0.2) is 16.0 Å². The van der Waals surface area contributed by atoms with Gasteiger partial charge in [-0.05, 0) is 41.4 Å². The van der Waals surface area contributed by atoms with Crippen molar-refractivity contribution in [2.75, 3.05) is 4.90 Å². The molecule has 3 heterocycles. The Hall–Kier alpha value is -2.47. The summed E-state index contributed by atoms with van der Waals surface area (Å²) in [6.07, 6.45) is 3.59. The van der Waals surface area contributed by atoms with Crippen LogP contribution in [0, 0.1) is 6.92 Å². The lowest BCUT2D eigenvalue weighted by Gasteiger charge is -2.21. The molecule has 0 unspecified atom stereocenters. The van der Waals surface area contributed by atoms with E-state index in [1.165, 1.54) is 0 Å². The van der Waals surface area contributed by atoms with Crippen molar-refractivity contribution in [3.05, 3.63) is 64.4 Å². The monoisotopic (exact) mass is 313 g/mol. The normalized spacial score (nSPS) is 10.6. The maximum absolute atomic E-state index is 12.7. The third-order valence-electron chi connectivity index (χ3n) is 3.19. The molecule has 6 heteroatoms. The van der Waals surface area contributed by atoms with Crippen molar-refractivity contribution in [3.8, 4) is 0 Å². The van der Waals surface area contributed by atoms with Crippen LogP contribution < -0.4 is 4.90 Å². The fourth-order valence-electron chi connectivity index (χ4n) is 2.15. The second-order valence-electron chi connectivity index (χ2n) is 4.93. The molecule has 0 radical (unpaired) electrons. The van der Waals surface area contributed by atoms with Gasteiger partial charge in [-0.25, -0.2) is 0 Å². The highest BCUT2D eigenvalue weighted by Crippen LogP contribution is 2.19. The van der Waals surface area contributed by atoms with Gasteiger partial charge in [-0.2, -0.15) is 11.3 Å². The van der Waals surface area contributed by atoms with E-state index in [1.54, 1.807) is 34.7 Å². The Kier molecular flexibility index (Phi) is 4.29. The van der Waals surface area contributed by atoms with Crippen LogP contribution in [-0.2, 0) is 17.8 Å². The van der Waals surface area contributed by atoms with Gasteiger partial charge < -0.3 is 9.42 Å². The maximum atomic E-state index is 12.7. The van der Waals surface area contributed by atoms with Crippen LogP contribution >= 0.6 is 11.3 Å². The summed E-state index contributed by atoms with van der Waals surface area (Å²) in [6, 6.07) is 7.50. The minimum absolute atomic E-state index is 0.0347. The minimum Gasteiger partial charge on any atom is -0.361 e. The lowest BCUT2D eigenvalue weighted by molar-refractivity contribution is -0.118. The molecule has 22 heavy (non-hydrogen) atoms. The molecule has 0 saturated heterocycles. The molecule has 0 aliphatic carbocycles. The van der Waals surface area contributed by atoms with Crippen LogP contribution in [0.25, 0.3) is 0 Å². The molecule has 1 amide bonds. The van der Waals surface area contributed by atoms with Gasteiger partial charge in [-0.15, -0.1) is 0 Å². The summed E-state index contributed by atoms with van der Waals surface area (Å²) >= 11 is 1.61. The van der Waals surface area contributed by atoms with E-state index >= 15 is 0 Å². The van der Waals surface area contributed by atoms with Gasteiger partial charge >= 0.3 is 0 Å². The third kappa shape index (κ3) is 3.40. The second-order valence-corrected chi connectivity index (χ2v) is 5.71. The first-order valence-electron chi connectivity index (χ1n) is 6.86. The number of hydrogen-bond donors (Lipinski definition) is 0. The Labute approximate surface area is 132 Å². The molecule has 3 rings (SSSR count). The summed E-state index contributed by atoms with van der Waals surface area (Å²) in [5.41, 5.74) is 2.51. The number of aromatic nitrogens is 2. The molecule has 5 nitrogen and oxygen atoms in total. The smallest absolute Gasteiger partial charge is 0.233 e. The summed E-state index contributed by atoms with van der Waals surface area (Å²) < 4.78 is 5.03. The van der Waals surface area contributed by atoms with E-state index in [0.29, 0.717) is 18.0 Å². The molecule has 0 spiro atoms. The van der Waals surface area contributed by atoms with Crippen molar-refractivity contribution in [1.29, 1.82) is 0 Å². The van der Waals surface area contributed by atoms with Gasteiger partial charge in [-0.3, -0.25) is 9.78 Å². The summed E-state index contributed by atoms with van der Waals surface area (Å²) in [7, 11) is 0. The SMILES string of the molecule is Cc1cc(CC(=O)N(Cc2ccsc2)c2cccnc2)no1. The highest BCUT2D eigenvalue weighted by molar-refractivity contribution is 7.07. The molecule has 0 aliphatic rings. The average molecular weight is 313 g/mol. The molecule has 0 fully saturated rings. The first kappa shape index (κ1) is 14.5. The highest BCUT2D eigenvalue weighted by atomic mass is 32.1. The van der Waals surface area contributed by atoms with Crippen LogP contribution in [0.3, 0.4) is 0 Å². The maximum Gasteiger partial charge on any atom is 0.233 e. The molecule has 0 saturated carbocycles. The van der Waals surface area contributed by atoms with E-state index in [1.807, 2.05) is 35.9 Å². The van der Waals surface area contributed by atoms with Gasteiger partial charge in [0, 0.05) is 12.3 Å². The number of carbonyl (C=O) groups is 1. The zero-order valence-electron chi connectivity index (χ0n) is 12.1. The lowest BCUT2D eigenvalue weighted by atomic mass is 10.2. The second kappa shape index (κ2) is 6.53. The van der Waals surface area contributed by atoms with Gasteiger partial charge in [-0.1, -0.05) is 5.16 Å². The third-order valence-corrected chi connectivity index (χ3v) is 3.92. The van der Waals surface area contributed by atoms with E-state index < -0.39 is 0 Å². The molecule has 3 aromatic heterocycles. The minimum atomic E-state index is -0.0347. The zero-order chi connectivity index (χ0) is 15.4. The van der Waals surface area contributed by atoms with Gasteiger partial charge in [0.25, 0.3) is 0 Å². The number of pyridine rings is 1. The van der Waals surface area contributed by atoms with Crippen molar-refractivity contribution < 1.29 is 9.32 Å². The van der Waals surface area contributed by atoms with Crippen LogP contribution in [0.4, 0.5) is 5.69 Å². The Morgan fingerprint density at radius 3 is 2.95 bits per heavy atom. The van der Waals surface area contributed by atoms with Crippen LogP contribution in [0.1, 0.15) is 17.0 Å². The molecular formula is C16H15N3O2S. The molecule has 3 aromatic rings. The lowest BCUT2D eigenvalue weighted by Crippen LogP contribution is -2.31. The predicted octanol–water partition coefficient (Wildman–Crippen LogP) is 3.22. The van der Waals surface area contributed by atoms with Crippen molar-refractivity contribution >= 4 is 22.9 Å². The van der Waals surface area contributed by atoms with E-state index in [-0.39, 0.29) is 12.3 Å². The molecule has 112 valence electrons. The number of thiophene rings is 1. The van der Waals surface area contributed by atoms with Crippen molar-refractivity contribution in [1.82, 2.24) is 10.1 Å². The van der Waals surface area contributed by atoms with E-state index in [9.17, 15) is 4.79 Å². The molecule has 0 aliphatic heterocycles. The molecule has 0 atom stereocenters. The van der Waals surface area contributed by atoms with Crippen LogP contribution in [0.2, 0.25) is 0 Å². The van der Waals surface area contributed by atoms with Gasteiger partial charge in [0.2, 0.25) is 5.91 Å². The van der Waals surface area contributed by atoms with Crippen LogP contribution in [0.15, 0.2) is 51.9 Å². The molecule has 0 N–H and O–H groups in total. The van der Waals surface area contributed by atoms with Gasteiger partial charge in [0.1, 0.15) is 5.76 Å². The number of aryl methyl sites for hydroxylation is 1. The summed E-state index contributed by atoms with van der Waals surface area (Å²) in [6.45, 7) is 2.33. The zero-order valence-corrected chi connectivity index (χ0v) is 12.9. The first-order valence-corrected chi connectivity index (χ1v) is 7.80. The number of rotatable bonds is 5. The largest absolute Gasteiger partial charge is 0.361 e. The van der Waals surface area contributed by atoms with Crippen molar-refractivity contribution in [2.45, 2.75) is 19.9 Å². The number of carbonyl (C=O) groups excluding carboxylic acids is 1. The molecule has 0 aromatic carbocycles. The highest BCUT2D eigenvalue weighted by Gasteiger charge is 2.18. The molecular weight excluding hydrogens is 298 g/mol. The van der Waals surface area contributed by atoms with E-state index in [2.05, 4.69) is 10.1 Å². The van der Waals surface area contributed by atoms with Gasteiger partial charge in [0.05, 0.1) is 30.5 Å². The predicted molar refractivity (Wildman–Crippen MR) is 84.7 cm³/mol. The molecule has 0 bridgehead atoms.